The van der Waals surface area contributed by atoms with Gasteiger partial charge in [-0.15, -0.1) is 0 Å². The lowest BCUT2D eigenvalue weighted by atomic mass is 10.1. The quantitative estimate of drug-likeness (QED) is 0.0305. The van der Waals surface area contributed by atoms with Crippen molar-refractivity contribution in [2.75, 3.05) is 19.8 Å². The molecule has 0 aliphatic carbocycles. The highest BCUT2D eigenvalue weighted by Crippen LogP contribution is 2.43. The molecule has 46 heavy (non-hydrogen) atoms. The molecular formula is C37H71N2O6P. The Balaban J connectivity index is 4.25. The van der Waals surface area contributed by atoms with Crippen LogP contribution in [0.4, 0.5) is 0 Å². The van der Waals surface area contributed by atoms with Gasteiger partial charge < -0.3 is 21.1 Å². The van der Waals surface area contributed by atoms with Gasteiger partial charge in [0.1, 0.15) is 0 Å². The van der Waals surface area contributed by atoms with Gasteiger partial charge in [0.2, 0.25) is 5.91 Å². The Morgan fingerprint density at radius 3 is 1.74 bits per heavy atom. The number of nitrogens with one attached hydrogen (secondary N) is 1. The van der Waals surface area contributed by atoms with E-state index in [2.05, 4.69) is 43.5 Å². The average molecular weight is 671 g/mol. The zero-order chi connectivity index (χ0) is 34.0. The van der Waals surface area contributed by atoms with Crippen LogP contribution in [0.5, 0.6) is 0 Å². The van der Waals surface area contributed by atoms with E-state index in [0.29, 0.717) is 6.42 Å². The summed E-state index contributed by atoms with van der Waals surface area (Å²) in [6.07, 6.45) is 37.6. The van der Waals surface area contributed by atoms with Crippen molar-refractivity contribution >= 4 is 13.7 Å². The second-order valence-electron chi connectivity index (χ2n) is 12.4. The lowest BCUT2D eigenvalue weighted by molar-refractivity contribution is -0.123. The van der Waals surface area contributed by atoms with Gasteiger partial charge in [-0.3, -0.25) is 13.8 Å². The molecular weight excluding hydrogens is 599 g/mol. The van der Waals surface area contributed by atoms with E-state index >= 15 is 0 Å². The van der Waals surface area contributed by atoms with E-state index < -0.39 is 20.0 Å². The topological polar surface area (TPSA) is 131 Å². The Morgan fingerprint density at radius 2 is 1.20 bits per heavy atom. The first-order valence-corrected chi connectivity index (χ1v) is 20.1. The van der Waals surface area contributed by atoms with E-state index in [1.54, 1.807) is 6.08 Å². The number of aliphatic hydroxyl groups excluding tert-OH is 1. The number of unbranched alkanes of at least 4 members (excludes halogenated alkanes) is 18. The van der Waals surface area contributed by atoms with Gasteiger partial charge in [-0.1, -0.05) is 140 Å². The summed E-state index contributed by atoms with van der Waals surface area (Å²) in [6, 6.07) is -0.861. The molecule has 0 saturated heterocycles. The summed E-state index contributed by atoms with van der Waals surface area (Å²) in [5.74, 6) is -0.207. The van der Waals surface area contributed by atoms with Gasteiger partial charge in [0, 0.05) is 13.0 Å². The minimum Gasteiger partial charge on any atom is -0.387 e. The number of aliphatic hydroxyl groups is 1. The van der Waals surface area contributed by atoms with Gasteiger partial charge >= 0.3 is 7.82 Å². The molecule has 1 amide bonds. The summed E-state index contributed by atoms with van der Waals surface area (Å²) in [4.78, 5) is 22.5. The Kier molecular flexibility index (Phi) is 32.7. The van der Waals surface area contributed by atoms with Crippen molar-refractivity contribution in [1.82, 2.24) is 5.32 Å². The highest BCUT2D eigenvalue weighted by atomic mass is 31.2. The van der Waals surface area contributed by atoms with Crippen molar-refractivity contribution in [3.05, 3.63) is 36.5 Å². The summed E-state index contributed by atoms with van der Waals surface area (Å²) in [6.45, 7) is 4.06. The minimum absolute atomic E-state index is 0.0762. The zero-order valence-corrected chi connectivity index (χ0v) is 30.4. The molecule has 0 rings (SSSR count). The van der Waals surface area contributed by atoms with Crippen LogP contribution < -0.4 is 11.1 Å². The second kappa shape index (κ2) is 33.6. The third kappa shape index (κ3) is 31.3. The number of phosphoric acid groups is 1. The number of hydrogen-bond acceptors (Lipinski definition) is 6. The molecule has 3 unspecified atom stereocenters. The van der Waals surface area contributed by atoms with E-state index in [0.717, 1.165) is 51.4 Å². The molecule has 0 aromatic carbocycles. The van der Waals surface area contributed by atoms with Gasteiger partial charge in [0.05, 0.1) is 25.4 Å². The lowest BCUT2D eigenvalue weighted by Gasteiger charge is -2.23. The van der Waals surface area contributed by atoms with E-state index in [-0.39, 0.29) is 25.7 Å². The molecule has 0 fully saturated rings. The van der Waals surface area contributed by atoms with E-state index in [4.69, 9.17) is 14.8 Å². The number of amides is 1. The van der Waals surface area contributed by atoms with Gasteiger partial charge in [-0.05, 0) is 51.4 Å². The maximum atomic E-state index is 12.7. The molecule has 0 aliphatic heterocycles. The largest absolute Gasteiger partial charge is 0.472 e. The molecule has 0 spiro atoms. The van der Waals surface area contributed by atoms with Crippen molar-refractivity contribution in [2.45, 2.75) is 174 Å². The van der Waals surface area contributed by atoms with Crippen LogP contribution in [-0.4, -0.2) is 47.8 Å². The maximum Gasteiger partial charge on any atom is 0.472 e. The fraction of sp³-hybridized carbons (Fsp3) is 0.811. The monoisotopic (exact) mass is 671 g/mol. The van der Waals surface area contributed by atoms with E-state index in [1.165, 1.54) is 89.9 Å². The Labute approximate surface area is 282 Å². The van der Waals surface area contributed by atoms with Crippen LogP contribution in [0, 0.1) is 0 Å². The van der Waals surface area contributed by atoms with Crippen LogP contribution in [0.15, 0.2) is 36.5 Å². The minimum atomic E-state index is -4.33. The molecule has 8 nitrogen and oxygen atoms in total. The Morgan fingerprint density at radius 1 is 0.717 bits per heavy atom. The first kappa shape index (κ1) is 44.7. The first-order valence-electron chi connectivity index (χ1n) is 18.6. The standard InChI is InChI=1S/C37H71N2O6P/c1-3-5-7-9-11-13-14-15-16-17-18-19-20-21-23-25-27-29-31-37(41)39-35(34-45-46(42,43)44-33-32-38)36(40)30-28-26-24-22-12-10-8-6-4-2/h13-14,16-17,28,30,35-36,40H,3-12,15,18-27,29,31-34,38H2,1-2H3,(H,39,41)(H,42,43)/b14-13-,17-16-,30-28+. The highest BCUT2D eigenvalue weighted by Gasteiger charge is 2.26. The fourth-order valence-corrected chi connectivity index (χ4v) is 5.86. The summed E-state index contributed by atoms with van der Waals surface area (Å²) < 4.78 is 22.0. The molecule has 9 heteroatoms. The average Bonchev–Trinajstić information content (AvgIpc) is 3.04. The fourth-order valence-electron chi connectivity index (χ4n) is 5.10. The van der Waals surface area contributed by atoms with Crippen molar-refractivity contribution in [2.24, 2.45) is 5.73 Å². The van der Waals surface area contributed by atoms with Gasteiger partial charge in [-0.2, -0.15) is 0 Å². The Bertz CT molecular complexity index is 820. The van der Waals surface area contributed by atoms with Gasteiger partial charge in [0.25, 0.3) is 0 Å². The number of nitrogens with two attached hydrogens (primary N) is 1. The normalized spacial score (nSPS) is 14.8. The maximum absolute atomic E-state index is 12.7. The molecule has 3 atom stereocenters. The summed E-state index contributed by atoms with van der Waals surface area (Å²) >= 11 is 0. The number of carbonyl (C=O) groups excluding carboxylic acids is 1. The smallest absolute Gasteiger partial charge is 0.387 e. The first-order chi connectivity index (χ1) is 22.4. The number of carbonyl (C=O) groups is 1. The van der Waals surface area contributed by atoms with Crippen molar-refractivity contribution in [3.63, 3.8) is 0 Å². The van der Waals surface area contributed by atoms with Gasteiger partial charge in [0.15, 0.2) is 0 Å². The molecule has 270 valence electrons. The number of hydrogen-bond donors (Lipinski definition) is 4. The summed E-state index contributed by atoms with van der Waals surface area (Å²) in [5, 5.41) is 13.5. The third-order valence-corrected chi connectivity index (χ3v) is 8.94. The van der Waals surface area contributed by atoms with Crippen molar-refractivity contribution in [1.29, 1.82) is 0 Å². The van der Waals surface area contributed by atoms with Crippen LogP contribution in [0.3, 0.4) is 0 Å². The molecule has 0 radical (unpaired) electrons. The molecule has 0 aliphatic rings. The SMILES string of the molecule is CCCCCC/C=C\C/C=C\CCCCCCCCCC(=O)NC(COP(=O)(O)OCCN)C(O)/C=C/CCCCCCCCC. The van der Waals surface area contributed by atoms with Crippen LogP contribution in [-0.2, 0) is 18.4 Å². The highest BCUT2D eigenvalue weighted by molar-refractivity contribution is 7.47. The molecule has 5 N–H and O–H groups in total. The predicted molar refractivity (Wildman–Crippen MR) is 194 cm³/mol. The van der Waals surface area contributed by atoms with E-state index in [1.807, 2.05) is 6.08 Å². The third-order valence-electron chi connectivity index (χ3n) is 7.96. The van der Waals surface area contributed by atoms with Crippen LogP contribution in [0.2, 0.25) is 0 Å². The van der Waals surface area contributed by atoms with Crippen LogP contribution >= 0.6 is 7.82 Å². The second-order valence-corrected chi connectivity index (χ2v) is 13.9. The van der Waals surface area contributed by atoms with Gasteiger partial charge in [-0.25, -0.2) is 4.57 Å². The van der Waals surface area contributed by atoms with Crippen molar-refractivity contribution in [3.8, 4) is 0 Å². The molecule has 0 heterocycles. The Hall–Kier alpha value is -1.28. The zero-order valence-electron chi connectivity index (χ0n) is 29.6. The summed E-state index contributed by atoms with van der Waals surface area (Å²) in [7, 11) is -4.33. The number of rotatable bonds is 34. The van der Waals surface area contributed by atoms with Crippen LogP contribution in [0.1, 0.15) is 162 Å². The predicted octanol–water partition coefficient (Wildman–Crippen LogP) is 9.61. The molecule has 0 saturated carbocycles. The molecule has 0 aromatic heterocycles. The molecule has 0 aromatic rings. The lowest BCUT2D eigenvalue weighted by Crippen LogP contribution is -2.45. The number of phosphoric ester groups is 1. The summed E-state index contributed by atoms with van der Waals surface area (Å²) in [5.41, 5.74) is 5.34. The van der Waals surface area contributed by atoms with Crippen molar-refractivity contribution < 1.29 is 28.4 Å². The number of allylic oxidation sites excluding steroid dienone is 5. The molecule has 0 bridgehead atoms. The van der Waals surface area contributed by atoms with Crippen LogP contribution in [0.25, 0.3) is 0 Å². The van der Waals surface area contributed by atoms with E-state index in [9.17, 15) is 19.4 Å².